The van der Waals surface area contributed by atoms with Crippen LogP contribution in [0.4, 0.5) is 8.78 Å². The molecule has 6 heteroatoms. The summed E-state index contributed by atoms with van der Waals surface area (Å²) >= 11 is 0. The van der Waals surface area contributed by atoms with Gasteiger partial charge in [-0.1, -0.05) is 13.3 Å². The van der Waals surface area contributed by atoms with Crippen LogP contribution in [0.25, 0.3) is 0 Å². The van der Waals surface area contributed by atoms with E-state index in [1.165, 1.54) is 4.90 Å². The van der Waals surface area contributed by atoms with E-state index in [2.05, 4.69) is 0 Å². The topological polar surface area (TPSA) is 57.6 Å². The van der Waals surface area contributed by atoms with E-state index in [1.807, 2.05) is 6.92 Å². The normalized spacial score (nSPS) is 21.6. The van der Waals surface area contributed by atoms with Crippen molar-refractivity contribution in [3.8, 4) is 0 Å². The highest BCUT2D eigenvalue weighted by Gasteiger charge is 2.49. The summed E-state index contributed by atoms with van der Waals surface area (Å²) in [6.07, 6.45) is 1.82. The zero-order valence-corrected chi connectivity index (χ0v) is 11.7. The minimum Gasteiger partial charge on any atom is -0.479 e. The van der Waals surface area contributed by atoms with Crippen LogP contribution in [0.1, 0.15) is 43.0 Å². The van der Waals surface area contributed by atoms with Gasteiger partial charge >= 0.3 is 5.97 Å². The Bertz CT molecular complexity index is 576. The molecular weight excluding hydrogens is 280 g/mol. The molecule has 4 nitrogen and oxygen atoms in total. The molecule has 2 rings (SSSR count). The van der Waals surface area contributed by atoms with Gasteiger partial charge in [-0.3, -0.25) is 4.79 Å². The number of rotatable bonds is 4. The van der Waals surface area contributed by atoms with Crippen molar-refractivity contribution < 1.29 is 23.5 Å². The predicted molar refractivity (Wildman–Crippen MR) is 71.9 cm³/mol. The second kappa shape index (κ2) is 5.79. The minimum atomic E-state index is -1.29. The van der Waals surface area contributed by atoms with Crippen molar-refractivity contribution in [1.29, 1.82) is 0 Å². The number of halogens is 2. The molecular formula is C15H17F2NO3. The van der Waals surface area contributed by atoms with Gasteiger partial charge in [0, 0.05) is 12.6 Å². The van der Waals surface area contributed by atoms with E-state index in [4.69, 9.17) is 0 Å². The molecule has 114 valence electrons. The van der Waals surface area contributed by atoms with Gasteiger partial charge in [-0.15, -0.1) is 0 Å². The molecule has 1 amide bonds. The fraction of sp³-hybridized carbons (Fsp3) is 0.467. The Balaban J connectivity index is 2.39. The lowest BCUT2D eigenvalue weighted by atomic mass is 9.90. The number of benzene rings is 1. The van der Waals surface area contributed by atoms with E-state index in [0.29, 0.717) is 31.7 Å². The number of aliphatic carboxylic acids is 1. The molecule has 1 atom stereocenters. The summed E-state index contributed by atoms with van der Waals surface area (Å²) in [7, 11) is 0. The average Bonchev–Trinajstić information content (AvgIpc) is 2.83. The minimum absolute atomic E-state index is 0.266. The Morgan fingerprint density at radius 2 is 2.10 bits per heavy atom. The Morgan fingerprint density at radius 1 is 1.38 bits per heavy atom. The van der Waals surface area contributed by atoms with E-state index in [1.54, 1.807) is 0 Å². The first-order chi connectivity index (χ1) is 9.92. The maximum absolute atomic E-state index is 13.8. The van der Waals surface area contributed by atoms with Crippen LogP contribution in [-0.2, 0) is 4.79 Å². The molecule has 1 aliphatic rings. The van der Waals surface area contributed by atoms with Gasteiger partial charge in [0.25, 0.3) is 5.91 Å². The number of carboxylic acid groups (broad SMARTS) is 1. The molecule has 1 aromatic carbocycles. The molecule has 0 aromatic heterocycles. The van der Waals surface area contributed by atoms with E-state index in [9.17, 15) is 23.5 Å². The lowest BCUT2D eigenvalue weighted by molar-refractivity contribution is -0.148. The standard InChI is InChI=1S/C15H17F2NO3/c1-2-6-15(14(20)21)7-3-8-18(15)13(19)11-5-4-10(16)9-12(11)17/h4-5,9H,2-3,6-8H2,1H3,(H,20,21). The zero-order valence-electron chi connectivity index (χ0n) is 11.7. The van der Waals surface area contributed by atoms with Crippen LogP contribution in [-0.4, -0.2) is 34.0 Å². The van der Waals surface area contributed by atoms with Gasteiger partial charge < -0.3 is 10.0 Å². The van der Waals surface area contributed by atoms with Crippen LogP contribution in [0.2, 0.25) is 0 Å². The van der Waals surface area contributed by atoms with Gasteiger partial charge in [0.15, 0.2) is 0 Å². The summed E-state index contributed by atoms with van der Waals surface area (Å²) in [6, 6.07) is 2.68. The first kappa shape index (κ1) is 15.4. The summed E-state index contributed by atoms with van der Waals surface area (Å²) in [5, 5.41) is 9.53. The van der Waals surface area contributed by atoms with Gasteiger partial charge in [-0.25, -0.2) is 13.6 Å². The van der Waals surface area contributed by atoms with Crippen molar-refractivity contribution in [2.45, 2.75) is 38.1 Å². The number of carboxylic acids is 1. The molecule has 1 aliphatic heterocycles. The molecule has 0 radical (unpaired) electrons. The Morgan fingerprint density at radius 3 is 2.67 bits per heavy atom. The van der Waals surface area contributed by atoms with Crippen LogP contribution in [0.5, 0.6) is 0 Å². The Labute approximate surface area is 121 Å². The van der Waals surface area contributed by atoms with Crippen molar-refractivity contribution in [3.63, 3.8) is 0 Å². The van der Waals surface area contributed by atoms with Crippen LogP contribution in [0, 0.1) is 11.6 Å². The van der Waals surface area contributed by atoms with Crippen molar-refractivity contribution in [2.24, 2.45) is 0 Å². The predicted octanol–water partition coefficient (Wildman–Crippen LogP) is 2.82. The number of hydrogen-bond donors (Lipinski definition) is 1. The number of nitrogens with zero attached hydrogens (tertiary/aromatic N) is 1. The fourth-order valence-electron chi connectivity index (χ4n) is 2.99. The second-order valence-corrected chi connectivity index (χ2v) is 5.27. The number of carbonyl (C=O) groups excluding carboxylic acids is 1. The summed E-state index contributed by atoms with van der Waals surface area (Å²) in [4.78, 5) is 25.3. The van der Waals surface area contributed by atoms with E-state index in [0.717, 1.165) is 12.1 Å². The molecule has 0 bridgehead atoms. The molecule has 0 saturated carbocycles. The summed E-state index contributed by atoms with van der Waals surface area (Å²) in [6.45, 7) is 2.10. The Kier molecular flexibility index (Phi) is 4.25. The number of likely N-dealkylation sites (tertiary alicyclic amines) is 1. The molecule has 21 heavy (non-hydrogen) atoms. The van der Waals surface area contributed by atoms with Crippen molar-refractivity contribution in [1.82, 2.24) is 4.90 Å². The molecule has 1 fully saturated rings. The first-order valence-electron chi connectivity index (χ1n) is 6.93. The number of amides is 1. The van der Waals surface area contributed by atoms with Gasteiger partial charge in [0.2, 0.25) is 0 Å². The SMILES string of the molecule is CCCC1(C(=O)O)CCCN1C(=O)c1ccc(F)cc1F. The largest absolute Gasteiger partial charge is 0.479 e. The number of hydrogen-bond acceptors (Lipinski definition) is 2. The summed E-state index contributed by atoms with van der Waals surface area (Å²) in [5.74, 6) is -3.51. The zero-order chi connectivity index (χ0) is 15.6. The summed E-state index contributed by atoms with van der Waals surface area (Å²) in [5.41, 5.74) is -1.58. The molecule has 0 spiro atoms. The third-order valence-corrected chi connectivity index (χ3v) is 3.96. The molecule has 1 saturated heterocycles. The monoisotopic (exact) mass is 297 g/mol. The molecule has 1 aromatic rings. The highest BCUT2D eigenvalue weighted by Crippen LogP contribution is 2.35. The van der Waals surface area contributed by atoms with Gasteiger partial charge in [0.1, 0.15) is 17.2 Å². The molecule has 0 aliphatic carbocycles. The third kappa shape index (κ3) is 2.62. The highest BCUT2D eigenvalue weighted by atomic mass is 19.1. The van der Waals surface area contributed by atoms with Crippen LogP contribution in [0.3, 0.4) is 0 Å². The second-order valence-electron chi connectivity index (χ2n) is 5.27. The maximum atomic E-state index is 13.8. The van der Waals surface area contributed by atoms with Crippen LogP contribution >= 0.6 is 0 Å². The van der Waals surface area contributed by atoms with E-state index < -0.39 is 29.0 Å². The van der Waals surface area contributed by atoms with Crippen molar-refractivity contribution in [2.75, 3.05) is 6.54 Å². The molecule has 1 heterocycles. The van der Waals surface area contributed by atoms with Gasteiger partial charge in [0.05, 0.1) is 5.56 Å². The maximum Gasteiger partial charge on any atom is 0.329 e. The van der Waals surface area contributed by atoms with Gasteiger partial charge in [-0.05, 0) is 31.4 Å². The highest BCUT2D eigenvalue weighted by molar-refractivity contribution is 5.98. The van der Waals surface area contributed by atoms with Crippen molar-refractivity contribution in [3.05, 3.63) is 35.4 Å². The Hall–Kier alpha value is -1.98. The summed E-state index contributed by atoms with van der Waals surface area (Å²) < 4.78 is 26.7. The van der Waals surface area contributed by atoms with E-state index in [-0.39, 0.29) is 12.1 Å². The average molecular weight is 297 g/mol. The molecule has 1 N–H and O–H groups in total. The lowest BCUT2D eigenvalue weighted by Gasteiger charge is -2.34. The van der Waals surface area contributed by atoms with E-state index >= 15 is 0 Å². The number of carbonyl (C=O) groups is 2. The van der Waals surface area contributed by atoms with Crippen LogP contribution in [0.15, 0.2) is 18.2 Å². The van der Waals surface area contributed by atoms with Gasteiger partial charge in [-0.2, -0.15) is 0 Å². The van der Waals surface area contributed by atoms with Crippen LogP contribution < -0.4 is 0 Å². The quantitative estimate of drug-likeness (QED) is 0.929. The van der Waals surface area contributed by atoms with Crippen molar-refractivity contribution >= 4 is 11.9 Å². The smallest absolute Gasteiger partial charge is 0.329 e. The third-order valence-electron chi connectivity index (χ3n) is 3.96. The lowest BCUT2D eigenvalue weighted by Crippen LogP contribution is -2.53. The first-order valence-corrected chi connectivity index (χ1v) is 6.93. The fourth-order valence-corrected chi connectivity index (χ4v) is 2.99. The molecule has 1 unspecified atom stereocenters.